The predicted octanol–water partition coefficient (Wildman–Crippen LogP) is 1.20. The lowest BCUT2D eigenvalue weighted by atomic mass is 9.87. The normalized spacial score (nSPS) is 15.6. The lowest BCUT2D eigenvalue weighted by Gasteiger charge is -2.25. The molecule has 6 nitrogen and oxygen atoms in total. The van der Waals surface area contributed by atoms with Crippen molar-refractivity contribution in [2.45, 2.75) is 33.3 Å². The van der Waals surface area contributed by atoms with Gasteiger partial charge in [-0.1, -0.05) is 32.9 Å². The number of aliphatic hydroxyl groups excluding tert-OH is 1. The number of carbonyl (C=O) groups excluding carboxylic acids is 3. The maximum Gasteiger partial charge on any atom is 0.262 e. The molecule has 1 aromatic rings. The molecule has 0 radical (unpaired) electrons. The Morgan fingerprint density at radius 2 is 1.70 bits per heavy atom. The summed E-state index contributed by atoms with van der Waals surface area (Å²) in [6.07, 6.45) is -0.126. The Balaban J connectivity index is 1.88. The maximum absolute atomic E-state index is 12.1. The van der Waals surface area contributed by atoms with E-state index in [9.17, 15) is 19.5 Å². The minimum atomic E-state index is -0.540. The summed E-state index contributed by atoms with van der Waals surface area (Å²) in [6, 6.07) is 6.52. The summed E-state index contributed by atoms with van der Waals surface area (Å²) < 4.78 is 0. The average Bonchev–Trinajstić information content (AvgIpc) is 2.72. The second-order valence-corrected chi connectivity index (χ2v) is 6.76. The van der Waals surface area contributed by atoms with Crippen LogP contribution in [0.3, 0.4) is 0 Å². The summed E-state index contributed by atoms with van der Waals surface area (Å²) in [5.74, 6) is -1.31. The zero-order valence-electron chi connectivity index (χ0n) is 13.6. The molecule has 0 bridgehead atoms. The van der Waals surface area contributed by atoms with Gasteiger partial charge in [0.1, 0.15) is 6.54 Å². The second-order valence-electron chi connectivity index (χ2n) is 6.76. The van der Waals surface area contributed by atoms with Crippen LogP contribution in [0.15, 0.2) is 24.3 Å². The van der Waals surface area contributed by atoms with Crippen molar-refractivity contribution in [1.82, 2.24) is 10.2 Å². The van der Waals surface area contributed by atoms with Crippen LogP contribution in [0.5, 0.6) is 0 Å². The van der Waals surface area contributed by atoms with Crippen LogP contribution in [0.2, 0.25) is 0 Å². The molecule has 1 aliphatic rings. The monoisotopic (exact) mass is 318 g/mol. The van der Waals surface area contributed by atoms with Crippen molar-refractivity contribution in [3.8, 4) is 0 Å². The topological polar surface area (TPSA) is 86.7 Å². The van der Waals surface area contributed by atoms with Gasteiger partial charge >= 0.3 is 0 Å². The van der Waals surface area contributed by atoms with Crippen molar-refractivity contribution in [3.63, 3.8) is 0 Å². The van der Waals surface area contributed by atoms with E-state index in [-0.39, 0.29) is 12.0 Å². The maximum atomic E-state index is 12.1. The molecule has 3 amide bonds. The number of hydrogen-bond acceptors (Lipinski definition) is 4. The Kier molecular flexibility index (Phi) is 4.85. The molecule has 0 saturated heterocycles. The van der Waals surface area contributed by atoms with Gasteiger partial charge in [0.15, 0.2) is 0 Å². The van der Waals surface area contributed by atoms with Crippen molar-refractivity contribution in [2.24, 2.45) is 5.41 Å². The molecular weight excluding hydrogens is 296 g/mol. The minimum Gasteiger partial charge on any atom is -0.393 e. The molecule has 0 fully saturated rings. The average molecular weight is 318 g/mol. The fourth-order valence-corrected chi connectivity index (χ4v) is 2.36. The van der Waals surface area contributed by atoms with Crippen LogP contribution in [0.25, 0.3) is 0 Å². The van der Waals surface area contributed by atoms with Gasteiger partial charge in [-0.15, -0.1) is 0 Å². The van der Waals surface area contributed by atoms with Gasteiger partial charge in [-0.05, 0) is 24.0 Å². The number of fused-ring (bicyclic) bond motifs is 1. The van der Waals surface area contributed by atoms with E-state index in [0.717, 1.165) is 4.90 Å². The van der Waals surface area contributed by atoms with Gasteiger partial charge in [0.05, 0.1) is 17.2 Å². The Labute approximate surface area is 135 Å². The summed E-state index contributed by atoms with van der Waals surface area (Å²) in [5.41, 5.74) is 0.398. The Morgan fingerprint density at radius 1 is 1.17 bits per heavy atom. The zero-order chi connectivity index (χ0) is 17.2. The Bertz CT molecular complexity index is 599. The van der Waals surface area contributed by atoms with Crippen molar-refractivity contribution >= 4 is 17.7 Å². The quantitative estimate of drug-likeness (QED) is 0.799. The van der Waals surface area contributed by atoms with E-state index < -0.39 is 23.8 Å². The molecule has 1 heterocycles. The van der Waals surface area contributed by atoms with Crippen LogP contribution < -0.4 is 5.32 Å². The number of benzene rings is 1. The summed E-state index contributed by atoms with van der Waals surface area (Å²) in [6.45, 7) is 5.73. The SMILES string of the molecule is CC(C)(C)C(O)CCNC(=O)CN1C(=O)c2ccccc2C1=O. The van der Waals surface area contributed by atoms with Crippen LogP contribution in [0.4, 0.5) is 0 Å². The number of amides is 3. The first-order valence-electron chi connectivity index (χ1n) is 7.62. The summed E-state index contributed by atoms with van der Waals surface area (Å²) in [5, 5.41) is 12.6. The van der Waals surface area contributed by atoms with Gasteiger partial charge in [-0.2, -0.15) is 0 Å². The highest BCUT2D eigenvalue weighted by Crippen LogP contribution is 2.22. The number of hydrogen-bond donors (Lipinski definition) is 2. The van der Waals surface area contributed by atoms with E-state index in [4.69, 9.17) is 0 Å². The van der Waals surface area contributed by atoms with Crippen molar-refractivity contribution in [3.05, 3.63) is 35.4 Å². The fourth-order valence-electron chi connectivity index (χ4n) is 2.36. The smallest absolute Gasteiger partial charge is 0.262 e. The number of nitrogens with zero attached hydrogens (tertiary/aromatic N) is 1. The highest BCUT2D eigenvalue weighted by atomic mass is 16.3. The van der Waals surface area contributed by atoms with Crippen LogP contribution in [0.1, 0.15) is 47.9 Å². The summed E-state index contributed by atoms with van der Waals surface area (Å²) >= 11 is 0. The molecule has 1 aromatic carbocycles. The van der Waals surface area contributed by atoms with Gasteiger partial charge in [-0.25, -0.2) is 0 Å². The molecule has 1 atom stereocenters. The molecule has 0 saturated carbocycles. The molecule has 0 aromatic heterocycles. The van der Waals surface area contributed by atoms with E-state index in [1.165, 1.54) is 0 Å². The molecule has 1 aliphatic heterocycles. The first-order valence-corrected chi connectivity index (χ1v) is 7.62. The van der Waals surface area contributed by atoms with Crippen LogP contribution >= 0.6 is 0 Å². The number of aliphatic hydroxyl groups is 1. The first-order chi connectivity index (χ1) is 10.7. The molecule has 0 aliphatic carbocycles. The van der Waals surface area contributed by atoms with Crippen LogP contribution in [0, 0.1) is 5.41 Å². The standard InChI is InChI=1S/C17H22N2O4/c1-17(2,3)13(20)8-9-18-14(21)10-19-15(22)11-6-4-5-7-12(11)16(19)23/h4-7,13,20H,8-10H2,1-3H3,(H,18,21). The minimum absolute atomic E-state index is 0.257. The second kappa shape index (κ2) is 6.50. The van der Waals surface area contributed by atoms with E-state index in [0.29, 0.717) is 24.1 Å². The van der Waals surface area contributed by atoms with Gasteiger partial charge in [0.2, 0.25) is 5.91 Å². The zero-order valence-corrected chi connectivity index (χ0v) is 13.6. The Hall–Kier alpha value is -2.21. The summed E-state index contributed by atoms with van der Waals surface area (Å²) in [7, 11) is 0. The predicted molar refractivity (Wildman–Crippen MR) is 84.9 cm³/mol. The van der Waals surface area contributed by atoms with Crippen molar-refractivity contribution < 1.29 is 19.5 Å². The number of nitrogens with one attached hydrogen (secondary N) is 1. The molecule has 2 rings (SSSR count). The van der Waals surface area contributed by atoms with E-state index in [1.54, 1.807) is 24.3 Å². The molecule has 1 unspecified atom stereocenters. The molecule has 124 valence electrons. The van der Waals surface area contributed by atoms with Crippen molar-refractivity contribution in [2.75, 3.05) is 13.1 Å². The van der Waals surface area contributed by atoms with E-state index >= 15 is 0 Å². The molecule has 0 spiro atoms. The third-order valence-corrected chi connectivity index (χ3v) is 3.92. The Morgan fingerprint density at radius 3 is 2.17 bits per heavy atom. The fraction of sp³-hybridized carbons (Fsp3) is 0.471. The first kappa shape index (κ1) is 17.1. The number of rotatable bonds is 5. The lowest BCUT2D eigenvalue weighted by Crippen LogP contribution is -2.41. The largest absolute Gasteiger partial charge is 0.393 e. The molecule has 2 N–H and O–H groups in total. The molecular formula is C17H22N2O4. The summed E-state index contributed by atoms with van der Waals surface area (Å²) in [4.78, 5) is 37.2. The van der Waals surface area contributed by atoms with Gasteiger partial charge < -0.3 is 10.4 Å². The third kappa shape index (κ3) is 3.76. The number of carbonyl (C=O) groups is 3. The van der Waals surface area contributed by atoms with Gasteiger partial charge in [-0.3, -0.25) is 19.3 Å². The van der Waals surface area contributed by atoms with E-state index in [1.807, 2.05) is 20.8 Å². The lowest BCUT2D eigenvalue weighted by molar-refractivity contribution is -0.121. The van der Waals surface area contributed by atoms with Crippen molar-refractivity contribution in [1.29, 1.82) is 0 Å². The highest BCUT2D eigenvalue weighted by Gasteiger charge is 2.36. The molecule has 6 heteroatoms. The highest BCUT2D eigenvalue weighted by molar-refractivity contribution is 6.22. The van der Waals surface area contributed by atoms with Crippen LogP contribution in [-0.2, 0) is 4.79 Å². The molecule has 23 heavy (non-hydrogen) atoms. The van der Waals surface area contributed by atoms with E-state index in [2.05, 4.69) is 5.32 Å². The van der Waals surface area contributed by atoms with Crippen LogP contribution in [-0.4, -0.2) is 46.9 Å². The van der Waals surface area contributed by atoms with Gasteiger partial charge in [0, 0.05) is 6.54 Å². The third-order valence-electron chi connectivity index (χ3n) is 3.92. The number of imide groups is 1. The van der Waals surface area contributed by atoms with Gasteiger partial charge in [0.25, 0.3) is 11.8 Å².